The van der Waals surface area contributed by atoms with Crippen LogP contribution in [0, 0.1) is 0 Å². The van der Waals surface area contributed by atoms with Crippen molar-refractivity contribution >= 4 is 21.9 Å². The summed E-state index contributed by atoms with van der Waals surface area (Å²) >= 11 is 3.37. The molecule has 3 aromatic rings. The van der Waals surface area contributed by atoms with E-state index in [0.717, 1.165) is 15.7 Å². The summed E-state index contributed by atoms with van der Waals surface area (Å²) in [5, 5.41) is 4.03. The standard InChI is InChI=1S/C16H12BrN3O2/c17-14-5-1-12(2-6-14)9-22-16(21)13-3-7-15(8-4-13)20-11-18-10-19-20/h1-8,10-11H,9H2. The van der Waals surface area contributed by atoms with Crippen LogP contribution in [-0.4, -0.2) is 20.7 Å². The minimum Gasteiger partial charge on any atom is -0.457 e. The smallest absolute Gasteiger partial charge is 0.338 e. The molecule has 0 saturated carbocycles. The maximum absolute atomic E-state index is 12.0. The summed E-state index contributed by atoms with van der Waals surface area (Å²) < 4.78 is 7.91. The molecule has 0 N–H and O–H groups in total. The van der Waals surface area contributed by atoms with Gasteiger partial charge >= 0.3 is 5.97 Å². The number of aromatic nitrogens is 3. The number of halogens is 1. The van der Waals surface area contributed by atoms with Gasteiger partial charge in [-0.1, -0.05) is 28.1 Å². The van der Waals surface area contributed by atoms with E-state index in [1.54, 1.807) is 35.3 Å². The van der Waals surface area contributed by atoms with Crippen molar-refractivity contribution in [2.24, 2.45) is 0 Å². The quantitative estimate of drug-likeness (QED) is 0.671. The Balaban J connectivity index is 1.63. The number of rotatable bonds is 4. The molecule has 1 aromatic heterocycles. The van der Waals surface area contributed by atoms with Gasteiger partial charge in [-0.2, -0.15) is 5.10 Å². The molecule has 3 rings (SSSR count). The van der Waals surface area contributed by atoms with Crippen molar-refractivity contribution < 1.29 is 9.53 Å². The molecular formula is C16H12BrN3O2. The van der Waals surface area contributed by atoms with Crippen LogP contribution in [0.4, 0.5) is 0 Å². The summed E-state index contributed by atoms with van der Waals surface area (Å²) in [5.41, 5.74) is 2.28. The lowest BCUT2D eigenvalue weighted by Gasteiger charge is -2.06. The predicted molar refractivity (Wildman–Crippen MR) is 84.6 cm³/mol. The number of hydrogen-bond acceptors (Lipinski definition) is 4. The highest BCUT2D eigenvalue weighted by molar-refractivity contribution is 9.10. The number of nitrogens with zero attached hydrogens (tertiary/aromatic N) is 3. The molecule has 0 amide bonds. The molecule has 0 radical (unpaired) electrons. The summed E-state index contributed by atoms with van der Waals surface area (Å²) in [6.07, 6.45) is 3.06. The van der Waals surface area contributed by atoms with Crippen LogP contribution in [0.1, 0.15) is 15.9 Å². The monoisotopic (exact) mass is 357 g/mol. The highest BCUT2D eigenvalue weighted by Crippen LogP contribution is 2.13. The van der Waals surface area contributed by atoms with Crippen LogP contribution in [0.5, 0.6) is 0 Å². The first kappa shape index (κ1) is 14.5. The van der Waals surface area contributed by atoms with Gasteiger partial charge in [0.1, 0.15) is 19.3 Å². The lowest BCUT2D eigenvalue weighted by atomic mass is 10.2. The van der Waals surface area contributed by atoms with Crippen LogP contribution in [-0.2, 0) is 11.3 Å². The molecule has 0 spiro atoms. The maximum atomic E-state index is 12.0. The van der Waals surface area contributed by atoms with E-state index in [9.17, 15) is 4.79 Å². The van der Waals surface area contributed by atoms with Gasteiger partial charge in [0.15, 0.2) is 0 Å². The van der Waals surface area contributed by atoms with Crippen LogP contribution in [0.2, 0.25) is 0 Å². The Kier molecular flexibility index (Phi) is 4.29. The summed E-state index contributed by atoms with van der Waals surface area (Å²) in [6.45, 7) is 0.247. The number of carbonyl (C=O) groups is 1. The van der Waals surface area contributed by atoms with E-state index in [-0.39, 0.29) is 12.6 Å². The second-order valence-electron chi connectivity index (χ2n) is 4.59. The molecule has 0 aliphatic carbocycles. The van der Waals surface area contributed by atoms with Gasteiger partial charge in [0.25, 0.3) is 0 Å². The molecule has 2 aromatic carbocycles. The van der Waals surface area contributed by atoms with Gasteiger partial charge in [-0.25, -0.2) is 14.5 Å². The van der Waals surface area contributed by atoms with Crippen LogP contribution < -0.4 is 0 Å². The van der Waals surface area contributed by atoms with Gasteiger partial charge in [0.05, 0.1) is 11.3 Å². The van der Waals surface area contributed by atoms with Crippen molar-refractivity contribution in [3.05, 3.63) is 76.8 Å². The summed E-state index contributed by atoms with van der Waals surface area (Å²) in [7, 11) is 0. The van der Waals surface area contributed by atoms with Crippen LogP contribution in [0.25, 0.3) is 5.69 Å². The second-order valence-corrected chi connectivity index (χ2v) is 5.51. The number of benzene rings is 2. The second kappa shape index (κ2) is 6.53. The molecule has 110 valence electrons. The third kappa shape index (κ3) is 3.40. The Labute approximate surface area is 135 Å². The molecule has 1 heterocycles. The first-order valence-corrected chi connectivity index (χ1v) is 7.38. The van der Waals surface area contributed by atoms with E-state index < -0.39 is 0 Å². The Morgan fingerprint density at radius 1 is 1.09 bits per heavy atom. The zero-order valence-electron chi connectivity index (χ0n) is 11.5. The molecule has 22 heavy (non-hydrogen) atoms. The summed E-state index contributed by atoms with van der Waals surface area (Å²) in [4.78, 5) is 15.9. The van der Waals surface area contributed by atoms with Crippen molar-refractivity contribution in [3.8, 4) is 5.69 Å². The molecule has 0 aliphatic rings. The normalized spacial score (nSPS) is 10.4. The van der Waals surface area contributed by atoms with Gasteiger partial charge in [-0.3, -0.25) is 0 Å². The Bertz CT molecular complexity index is 753. The lowest BCUT2D eigenvalue weighted by Crippen LogP contribution is -2.05. The van der Waals surface area contributed by atoms with E-state index in [0.29, 0.717) is 5.56 Å². The van der Waals surface area contributed by atoms with E-state index in [1.807, 2.05) is 24.3 Å². The van der Waals surface area contributed by atoms with Crippen molar-refractivity contribution in [1.29, 1.82) is 0 Å². The number of esters is 1. The van der Waals surface area contributed by atoms with Crippen LogP contribution in [0.15, 0.2) is 65.7 Å². The fourth-order valence-electron chi connectivity index (χ4n) is 1.90. The van der Waals surface area contributed by atoms with E-state index in [1.165, 1.54) is 6.33 Å². The van der Waals surface area contributed by atoms with Crippen molar-refractivity contribution in [2.75, 3.05) is 0 Å². The summed E-state index contributed by atoms with van der Waals surface area (Å²) in [6, 6.07) is 14.7. The molecule has 0 unspecified atom stereocenters. The Morgan fingerprint density at radius 3 is 2.45 bits per heavy atom. The molecule has 0 fully saturated rings. The number of ether oxygens (including phenoxy) is 1. The minimum absolute atomic E-state index is 0.247. The lowest BCUT2D eigenvalue weighted by molar-refractivity contribution is 0.0472. The van der Waals surface area contributed by atoms with Gasteiger partial charge in [0, 0.05) is 4.47 Å². The molecule has 5 nitrogen and oxygen atoms in total. The average Bonchev–Trinajstić information content (AvgIpc) is 3.09. The van der Waals surface area contributed by atoms with E-state index in [2.05, 4.69) is 26.0 Å². The van der Waals surface area contributed by atoms with Gasteiger partial charge in [-0.05, 0) is 42.0 Å². The third-order valence-electron chi connectivity index (χ3n) is 3.07. The maximum Gasteiger partial charge on any atom is 0.338 e. The molecule has 0 atom stereocenters. The topological polar surface area (TPSA) is 57.0 Å². The first-order chi connectivity index (χ1) is 10.7. The highest BCUT2D eigenvalue weighted by Gasteiger charge is 2.08. The Hall–Kier alpha value is -2.47. The van der Waals surface area contributed by atoms with Gasteiger partial charge in [-0.15, -0.1) is 0 Å². The van der Waals surface area contributed by atoms with E-state index >= 15 is 0 Å². The number of hydrogen-bond donors (Lipinski definition) is 0. The average molecular weight is 358 g/mol. The molecule has 6 heteroatoms. The molecule has 0 bridgehead atoms. The first-order valence-electron chi connectivity index (χ1n) is 6.59. The molecule has 0 saturated heterocycles. The zero-order valence-corrected chi connectivity index (χ0v) is 13.1. The minimum atomic E-state index is -0.354. The van der Waals surface area contributed by atoms with Gasteiger partial charge in [0.2, 0.25) is 0 Å². The fraction of sp³-hybridized carbons (Fsp3) is 0.0625. The fourth-order valence-corrected chi connectivity index (χ4v) is 2.17. The molecule has 0 aliphatic heterocycles. The molecular weight excluding hydrogens is 346 g/mol. The SMILES string of the molecule is O=C(OCc1ccc(Br)cc1)c1ccc(-n2cncn2)cc1. The van der Waals surface area contributed by atoms with Crippen LogP contribution in [0.3, 0.4) is 0 Å². The van der Waals surface area contributed by atoms with Gasteiger partial charge < -0.3 is 4.74 Å². The highest BCUT2D eigenvalue weighted by atomic mass is 79.9. The van der Waals surface area contributed by atoms with E-state index in [4.69, 9.17) is 4.74 Å². The van der Waals surface area contributed by atoms with Crippen molar-refractivity contribution in [1.82, 2.24) is 14.8 Å². The number of carbonyl (C=O) groups excluding carboxylic acids is 1. The zero-order chi connectivity index (χ0) is 15.4. The van der Waals surface area contributed by atoms with Crippen molar-refractivity contribution in [3.63, 3.8) is 0 Å². The van der Waals surface area contributed by atoms with Crippen LogP contribution >= 0.6 is 15.9 Å². The summed E-state index contributed by atoms with van der Waals surface area (Å²) in [5.74, 6) is -0.354. The largest absolute Gasteiger partial charge is 0.457 e. The van der Waals surface area contributed by atoms with Crippen molar-refractivity contribution in [2.45, 2.75) is 6.61 Å². The predicted octanol–water partition coefficient (Wildman–Crippen LogP) is 3.39. The Morgan fingerprint density at radius 2 is 1.82 bits per heavy atom. The third-order valence-corrected chi connectivity index (χ3v) is 3.60.